The maximum Gasteiger partial charge on any atom is 0.314 e. The van der Waals surface area contributed by atoms with E-state index in [0.29, 0.717) is 22.8 Å². The molecule has 150 valence electrons. The molecule has 0 aromatic carbocycles. The third kappa shape index (κ3) is 4.79. The van der Waals surface area contributed by atoms with Gasteiger partial charge in [0.05, 0.1) is 6.20 Å². The van der Waals surface area contributed by atoms with E-state index in [1.165, 1.54) is 19.1 Å². The number of anilines is 1. The molecule has 1 aliphatic heterocycles. The van der Waals surface area contributed by atoms with Crippen molar-refractivity contribution < 1.29 is 17.6 Å². The largest absolute Gasteiger partial charge is 0.400 e. The summed E-state index contributed by atoms with van der Waals surface area (Å²) in [5.41, 5.74) is 5.94. The Balaban J connectivity index is 2.36. The molecule has 0 fully saturated rings. The van der Waals surface area contributed by atoms with E-state index in [1.807, 2.05) is 0 Å². The van der Waals surface area contributed by atoms with Crippen LogP contribution in [0.3, 0.4) is 0 Å². The van der Waals surface area contributed by atoms with Crippen LogP contribution in [0.25, 0.3) is 0 Å². The van der Waals surface area contributed by atoms with E-state index >= 15 is 0 Å². The molecule has 1 aliphatic rings. The zero-order valence-electron chi connectivity index (χ0n) is 15.5. The number of rotatable bonds is 7. The van der Waals surface area contributed by atoms with Crippen LogP contribution in [0.4, 0.5) is 23.4 Å². The molecule has 0 radical (unpaired) electrons. The molecule has 0 saturated heterocycles. The fourth-order valence-corrected chi connectivity index (χ4v) is 2.50. The highest BCUT2D eigenvalue weighted by molar-refractivity contribution is 6.13. The van der Waals surface area contributed by atoms with E-state index < -0.39 is 24.1 Å². The summed E-state index contributed by atoms with van der Waals surface area (Å²) in [6.07, 6.45) is 3.33. The molecule has 0 saturated carbocycles. The summed E-state index contributed by atoms with van der Waals surface area (Å²) >= 11 is 0. The van der Waals surface area contributed by atoms with Crippen molar-refractivity contribution in [3.8, 4) is 0 Å². The van der Waals surface area contributed by atoms with Gasteiger partial charge >= 0.3 is 6.55 Å². The lowest BCUT2D eigenvalue weighted by Gasteiger charge is -2.14. The quantitative estimate of drug-likeness (QED) is 0.316. The van der Waals surface area contributed by atoms with Gasteiger partial charge in [-0.1, -0.05) is 13.2 Å². The minimum Gasteiger partial charge on any atom is -0.400 e. The number of aliphatic imine (C=N–C) groups is 1. The van der Waals surface area contributed by atoms with Gasteiger partial charge in [0.2, 0.25) is 0 Å². The van der Waals surface area contributed by atoms with Crippen LogP contribution in [0, 0.1) is 5.82 Å². The number of fused-ring (bicyclic) bond motifs is 1. The second-order valence-corrected chi connectivity index (χ2v) is 6.26. The van der Waals surface area contributed by atoms with Crippen LogP contribution in [-0.4, -0.2) is 35.7 Å². The average Bonchev–Trinajstić information content (AvgIpc) is 3.05. The number of nitrogens with zero attached hydrogens (tertiary/aromatic N) is 3. The van der Waals surface area contributed by atoms with Crippen LogP contribution in [0.1, 0.15) is 18.4 Å². The predicted octanol–water partition coefficient (Wildman–Crippen LogP) is 4.07. The number of nitrogens with one attached hydrogen (secondary N) is 1. The standard InChI is InChI=1S/C19H21F4N5/c1-10(5-6-28(4)19(22)23)17(16(21)11(2)24)27-12(3)15-9-26-18-14(15)7-13(20)8-25-18/h5-8,15,19H,1,3,9,24H2,2,4H3,(H,25,26)/b6-5-,16-11-,27-17?. The monoisotopic (exact) mass is 395 g/mol. The molecule has 2 heterocycles. The molecule has 0 aliphatic carbocycles. The van der Waals surface area contributed by atoms with E-state index in [1.54, 1.807) is 0 Å². The van der Waals surface area contributed by atoms with E-state index in [-0.39, 0.29) is 22.7 Å². The second kappa shape index (κ2) is 8.73. The van der Waals surface area contributed by atoms with Crippen molar-refractivity contribution in [3.63, 3.8) is 0 Å². The van der Waals surface area contributed by atoms with Gasteiger partial charge in [0.15, 0.2) is 5.83 Å². The lowest BCUT2D eigenvalue weighted by molar-refractivity contribution is 0.0227. The van der Waals surface area contributed by atoms with Crippen LogP contribution in [0.2, 0.25) is 0 Å². The van der Waals surface area contributed by atoms with Gasteiger partial charge in [-0.15, -0.1) is 0 Å². The molecule has 9 heteroatoms. The number of pyridine rings is 1. The average molecular weight is 395 g/mol. The summed E-state index contributed by atoms with van der Waals surface area (Å²) in [7, 11) is 1.16. The first-order chi connectivity index (χ1) is 13.1. The Morgan fingerprint density at radius 2 is 2.14 bits per heavy atom. The summed E-state index contributed by atoms with van der Waals surface area (Å²) < 4.78 is 53.3. The lowest BCUT2D eigenvalue weighted by atomic mass is 9.99. The molecule has 1 aromatic heterocycles. The van der Waals surface area contributed by atoms with Gasteiger partial charge in [-0.3, -0.25) is 0 Å². The maximum atomic E-state index is 14.6. The molecule has 0 amide bonds. The minimum absolute atomic E-state index is 0.0273. The molecule has 1 unspecified atom stereocenters. The zero-order valence-corrected chi connectivity index (χ0v) is 15.5. The van der Waals surface area contributed by atoms with Gasteiger partial charge in [-0.05, 0) is 24.6 Å². The SMILES string of the molecule is C=C(/C=C\N(C)C(F)F)C(=NC(=C)C1CNc2ncc(F)cc21)/C(F)=C(\C)N. The highest BCUT2D eigenvalue weighted by Gasteiger charge is 2.27. The summed E-state index contributed by atoms with van der Waals surface area (Å²) in [6.45, 7) is 6.49. The Morgan fingerprint density at radius 1 is 1.46 bits per heavy atom. The van der Waals surface area contributed by atoms with Crippen molar-refractivity contribution in [2.75, 3.05) is 18.9 Å². The third-order valence-corrected chi connectivity index (χ3v) is 4.07. The Labute approximate surface area is 160 Å². The molecule has 1 atom stereocenters. The molecule has 3 N–H and O–H groups in total. The normalized spacial score (nSPS) is 17.4. The van der Waals surface area contributed by atoms with Crippen molar-refractivity contribution in [1.82, 2.24) is 9.88 Å². The van der Waals surface area contributed by atoms with Gasteiger partial charge in [0.1, 0.15) is 17.3 Å². The Morgan fingerprint density at radius 3 is 2.75 bits per heavy atom. The van der Waals surface area contributed by atoms with Crippen LogP contribution >= 0.6 is 0 Å². The van der Waals surface area contributed by atoms with Crippen LogP contribution in [0.15, 0.2) is 65.5 Å². The van der Waals surface area contributed by atoms with Gasteiger partial charge in [-0.2, -0.15) is 8.78 Å². The first kappa shape index (κ1) is 21.2. The Kier molecular flexibility index (Phi) is 6.61. The van der Waals surface area contributed by atoms with Crippen molar-refractivity contribution in [2.45, 2.75) is 19.4 Å². The minimum atomic E-state index is -2.72. The number of allylic oxidation sites excluding steroid dienone is 4. The molecule has 0 spiro atoms. The number of halogens is 4. The number of hydrogen-bond donors (Lipinski definition) is 2. The fraction of sp³-hybridized carbons (Fsp3) is 0.263. The predicted molar refractivity (Wildman–Crippen MR) is 102 cm³/mol. The third-order valence-electron chi connectivity index (χ3n) is 4.07. The highest BCUT2D eigenvalue weighted by Crippen LogP contribution is 2.35. The first-order valence-electron chi connectivity index (χ1n) is 8.28. The summed E-state index contributed by atoms with van der Waals surface area (Å²) in [5.74, 6) is -1.32. The molecule has 1 aromatic rings. The Bertz CT molecular complexity index is 869. The van der Waals surface area contributed by atoms with Gasteiger partial charge < -0.3 is 16.0 Å². The summed E-state index contributed by atoms with van der Waals surface area (Å²) in [5, 5.41) is 3.00. The number of alkyl halides is 2. The zero-order chi connectivity index (χ0) is 21.0. The van der Waals surface area contributed by atoms with Crippen LogP contribution in [-0.2, 0) is 0 Å². The number of nitrogens with two attached hydrogens (primary N) is 1. The van der Waals surface area contributed by atoms with Gasteiger partial charge in [0, 0.05) is 42.7 Å². The van der Waals surface area contributed by atoms with E-state index in [2.05, 4.69) is 28.5 Å². The molecule has 2 rings (SSSR count). The molecule has 5 nitrogen and oxygen atoms in total. The molecule has 0 bridgehead atoms. The number of aromatic nitrogens is 1. The molecule has 28 heavy (non-hydrogen) atoms. The first-order valence-corrected chi connectivity index (χ1v) is 8.28. The van der Waals surface area contributed by atoms with Gasteiger partial charge in [0.25, 0.3) is 0 Å². The van der Waals surface area contributed by atoms with E-state index in [9.17, 15) is 17.6 Å². The summed E-state index contributed by atoms with van der Waals surface area (Å²) in [4.78, 5) is 8.77. The van der Waals surface area contributed by atoms with E-state index in [4.69, 9.17) is 5.73 Å². The maximum absolute atomic E-state index is 14.6. The van der Waals surface area contributed by atoms with E-state index in [0.717, 1.165) is 19.4 Å². The highest BCUT2D eigenvalue weighted by atomic mass is 19.3. The molecular formula is C19H21F4N5. The fourth-order valence-electron chi connectivity index (χ4n) is 2.50. The van der Waals surface area contributed by atoms with Crippen LogP contribution < -0.4 is 11.1 Å². The lowest BCUT2D eigenvalue weighted by Crippen LogP contribution is -2.17. The van der Waals surface area contributed by atoms with Crippen LogP contribution in [0.5, 0.6) is 0 Å². The smallest absolute Gasteiger partial charge is 0.314 e. The van der Waals surface area contributed by atoms with Crippen molar-refractivity contribution in [3.05, 3.63) is 71.9 Å². The number of hydrogen-bond acceptors (Lipinski definition) is 5. The Hall–Kier alpha value is -3.10. The molecular weight excluding hydrogens is 374 g/mol. The summed E-state index contributed by atoms with van der Waals surface area (Å²) in [6, 6.07) is 1.31. The van der Waals surface area contributed by atoms with Gasteiger partial charge in [-0.25, -0.2) is 18.8 Å². The topological polar surface area (TPSA) is 66.5 Å². The van der Waals surface area contributed by atoms with Crippen molar-refractivity contribution >= 4 is 11.5 Å². The van der Waals surface area contributed by atoms with Crippen molar-refractivity contribution in [1.29, 1.82) is 0 Å². The van der Waals surface area contributed by atoms with Crippen molar-refractivity contribution in [2.24, 2.45) is 10.7 Å². The second-order valence-electron chi connectivity index (χ2n) is 6.26.